The minimum Gasteiger partial charge on any atom is -0.133 e. The largest absolute Gasteiger partial charge is 0.133 e. The summed E-state index contributed by atoms with van der Waals surface area (Å²) in [6, 6.07) is 4.22. The van der Waals surface area contributed by atoms with Crippen molar-refractivity contribution < 1.29 is 0 Å². The summed E-state index contributed by atoms with van der Waals surface area (Å²) >= 11 is 7.54. The van der Waals surface area contributed by atoms with Crippen molar-refractivity contribution in [3.05, 3.63) is 20.8 Å². The van der Waals surface area contributed by atoms with Crippen molar-refractivity contribution in [3.8, 4) is 0 Å². The smallest absolute Gasteiger partial charge is 0.0701 e. The van der Waals surface area contributed by atoms with Gasteiger partial charge >= 0.3 is 0 Å². The van der Waals surface area contributed by atoms with Gasteiger partial charge in [0, 0.05) is 9.30 Å². The van der Waals surface area contributed by atoms with Crippen LogP contribution in [0.1, 0.15) is 4.88 Å². The molecular weight excluding hydrogens is 299 g/mol. The van der Waals surface area contributed by atoms with E-state index < -0.39 is 0 Å². The zero-order valence-electron chi connectivity index (χ0n) is 4.03. The molecule has 0 aliphatic carbocycles. The van der Waals surface area contributed by atoms with E-state index in [4.69, 9.17) is 0 Å². The molecule has 0 aliphatic heterocycles. The summed E-state index contributed by atoms with van der Waals surface area (Å²) < 4.78 is 2.35. The van der Waals surface area contributed by atoms with E-state index in [2.05, 4.69) is 50.7 Å². The fourth-order valence-electron chi connectivity index (χ4n) is 0.424. The van der Waals surface area contributed by atoms with Gasteiger partial charge in [-0.05, 0) is 28.1 Å². The molecule has 1 aromatic heterocycles. The molecule has 0 amide bonds. The second-order valence-corrected chi connectivity index (χ2v) is 4.65. The molecule has 0 saturated heterocycles. The standard InChI is InChI=1S/C5H4BrIS/c6-5-2-1-4(3-7)8-5/h1-2H,3H2. The van der Waals surface area contributed by atoms with Crippen LogP contribution in [0.15, 0.2) is 15.9 Å². The summed E-state index contributed by atoms with van der Waals surface area (Å²) in [5.74, 6) is 0. The molecule has 1 rings (SSSR count). The van der Waals surface area contributed by atoms with Crippen LogP contribution in [0.4, 0.5) is 0 Å². The summed E-state index contributed by atoms with van der Waals surface area (Å²) in [4.78, 5) is 1.43. The molecule has 0 saturated carbocycles. The number of hydrogen-bond acceptors (Lipinski definition) is 1. The summed E-state index contributed by atoms with van der Waals surface area (Å²) in [5, 5.41) is 0. The first-order valence-electron chi connectivity index (χ1n) is 2.13. The lowest BCUT2D eigenvalue weighted by atomic mass is 10.5. The lowest BCUT2D eigenvalue weighted by Gasteiger charge is -1.78. The van der Waals surface area contributed by atoms with Crippen molar-refractivity contribution in [1.29, 1.82) is 0 Å². The van der Waals surface area contributed by atoms with Gasteiger partial charge in [-0.1, -0.05) is 22.6 Å². The number of rotatable bonds is 1. The molecule has 1 aromatic rings. The Labute approximate surface area is 74.6 Å². The molecule has 0 nitrogen and oxygen atoms in total. The van der Waals surface area contributed by atoms with E-state index in [1.54, 1.807) is 11.3 Å². The number of hydrogen-bond donors (Lipinski definition) is 0. The van der Waals surface area contributed by atoms with Gasteiger partial charge in [-0.15, -0.1) is 11.3 Å². The lowest BCUT2D eigenvalue weighted by molar-refractivity contribution is 1.61. The Morgan fingerprint density at radius 3 is 2.62 bits per heavy atom. The summed E-state index contributed by atoms with van der Waals surface area (Å²) in [5.41, 5.74) is 0. The van der Waals surface area contributed by atoms with Gasteiger partial charge in [-0.2, -0.15) is 0 Å². The molecule has 0 aromatic carbocycles. The van der Waals surface area contributed by atoms with Crippen LogP contribution in [0.2, 0.25) is 0 Å². The van der Waals surface area contributed by atoms with E-state index in [0.29, 0.717) is 0 Å². The molecule has 0 atom stereocenters. The van der Waals surface area contributed by atoms with Gasteiger partial charge in [-0.3, -0.25) is 0 Å². The van der Waals surface area contributed by atoms with Gasteiger partial charge in [0.05, 0.1) is 3.79 Å². The fraction of sp³-hybridized carbons (Fsp3) is 0.200. The van der Waals surface area contributed by atoms with Gasteiger partial charge in [-0.25, -0.2) is 0 Å². The monoisotopic (exact) mass is 302 g/mol. The maximum absolute atomic E-state index is 3.39. The van der Waals surface area contributed by atoms with Crippen molar-refractivity contribution in [1.82, 2.24) is 0 Å². The molecule has 0 N–H and O–H groups in total. The van der Waals surface area contributed by atoms with Gasteiger partial charge in [0.1, 0.15) is 0 Å². The van der Waals surface area contributed by atoms with Crippen LogP contribution in [0.25, 0.3) is 0 Å². The first-order chi connectivity index (χ1) is 3.83. The lowest BCUT2D eigenvalue weighted by Crippen LogP contribution is -1.57. The van der Waals surface area contributed by atoms with E-state index in [1.807, 2.05) is 0 Å². The van der Waals surface area contributed by atoms with Gasteiger partial charge in [0.25, 0.3) is 0 Å². The Balaban J connectivity index is 2.84. The highest BCUT2D eigenvalue weighted by atomic mass is 127. The van der Waals surface area contributed by atoms with Crippen LogP contribution in [-0.2, 0) is 4.43 Å². The zero-order valence-corrected chi connectivity index (χ0v) is 8.59. The number of halogens is 2. The molecule has 3 heteroatoms. The van der Waals surface area contributed by atoms with Crippen LogP contribution in [0, 0.1) is 0 Å². The van der Waals surface area contributed by atoms with Crippen molar-refractivity contribution >= 4 is 49.9 Å². The molecule has 44 valence electrons. The molecule has 0 spiro atoms. The third kappa shape index (κ3) is 1.70. The van der Waals surface area contributed by atoms with E-state index in [1.165, 1.54) is 8.66 Å². The highest BCUT2D eigenvalue weighted by molar-refractivity contribution is 14.1. The maximum Gasteiger partial charge on any atom is 0.0701 e. The van der Waals surface area contributed by atoms with E-state index >= 15 is 0 Å². The average molecular weight is 303 g/mol. The Bertz CT molecular complexity index is 173. The van der Waals surface area contributed by atoms with Crippen LogP contribution < -0.4 is 0 Å². The molecule has 0 aliphatic rings. The third-order valence-electron chi connectivity index (χ3n) is 0.761. The molecule has 0 bridgehead atoms. The second kappa shape index (κ2) is 3.17. The quantitative estimate of drug-likeness (QED) is 0.551. The minimum atomic E-state index is 1.12. The second-order valence-electron chi connectivity index (χ2n) is 1.34. The van der Waals surface area contributed by atoms with Crippen molar-refractivity contribution in [3.63, 3.8) is 0 Å². The Kier molecular flexibility index (Phi) is 2.79. The highest BCUT2D eigenvalue weighted by Gasteiger charge is 1.91. The summed E-state index contributed by atoms with van der Waals surface area (Å²) in [6.45, 7) is 0. The third-order valence-corrected chi connectivity index (χ3v) is 3.72. The maximum atomic E-state index is 3.39. The topological polar surface area (TPSA) is 0 Å². The molecular formula is C5H4BrIS. The highest BCUT2D eigenvalue weighted by Crippen LogP contribution is 2.23. The Morgan fingerprint density at radius 1 is 1.62 bits per heavy atom. The normalized spacial score (nSPS) is 9.75. The van der Waals surface area contributed by atoms with Crippen molar-refractivity contribution in [2.24, 2.45) is 0 Å². The van der Waals surface area contributed by atoms with E-state index in [-0.39, 0.29) is 0 Å². The van der Waals surface area contributed by atoms with Crippen LogP contribution in [0.3, 0.4) is 0 Å². The van der Waals surface area contributed by atoms with Crippen LogP contribution in [-0.4, -0.2) is 0 Å². The van der Waals surface area contributed by atoms with Crippen molar-refractivity contribution in [2.75, 3.05) is 0 Å². The van der Waals surface area contributed by atoms with Crippen molar-refractivity contribution in [2.45, 2.75) is 4.43 Å². The predicted octanol–water partition coefficient (Wildman–Crippen LogP) is 3.45. The zero-order chi connectivity index (χ0) is 5.98. The van der Waals surface area contributed by atoms with Crippen LogP contribution in [0.5, 0.6) is 0 Å². The van der Waals surface area contributed by atoms with E-state index in [9.17, 15) is 0 Å². The predicted molar refractivity (Wildman–Crippen MR) is 49.7 cm³/mol. The average Bonchev–Trinajstić information content (AvgIpc) is 2.14. The minimum absolute atomic E-state index is 1.12. The molecule has 0 fully saturated rings. The number of alkyl halides is 1. The van der Waals surface area contributed by atoms with Gasteiger partial charge in [0.2, 0.25) is 0 Å². The molecule has 1 heterocycles. The summed E-state index contributed by atoms with van der Waals surface area (Å²) in [6.07, 6.45) is 0. The first kappa shape index (κ1) is 7.02. The first-order valence-corrected chi connectivity index (χ1v) is 5.26. The molecule has 8 heavy (non-hydrogen) atoms. The Morgan fingerprint density at radius 2 is 2.38 bits per heavy atom. The fourth-order valence-corrected chi connectivity index (χ4v) is 2.48. The summed E-state index contributed by atoms with van der Waals surface area (Å²) in [7, 11) is 0. The van der Waals surface area contributed by atoms with Crippen LogP contribution >= 0.6 is 49.9 Å². The number of thiophene rings is 1. The molecule has 0 radical (unpaired) electrons. The van der Waals surface area contributed by atoms with E-state index in [0.717, 1.165) is 4.43 Å². The van der Waals surface area contributed by atoms with Gasteiger partial charge in [0.15, 0.2) is 0 Å². The van der Waals surface area contributed by atoms with Gasteiger partial charge < -0.3 is 0 Å². The Hall–Kier alpha value is 0.910. The SMILES string of the molecule is Brc1ccc(CI)s1. The molecule has 0 unspecified atom stereocenters.